The average molecular weight is 301 g/mol. The molecule has 5 heteroatoms. The SMILES string of the molecule is CC1=C[C@@H]([C@H]2CCCN2C(=O)OCc2ccccc2)OC1=O. The van der Waals surface area contributed by atoms with E-state index in [1.165, 1.54) is 0 Å². The van der Waals surface area contributed by atoms with Gasteiger partial charge >= 0.3 is 12.1 Å². The van der Waals surface area contributed by atoms with Crippen molar-refractivity contribution in [1.29, 1.82) is 0 Å². The molecule has 116 valence electrons. The number of hydrogen-bond donors (Lipinski definition) is 0. The summed E-state index contributed by atoms with van der Waals surface area (Å²) in [6.07, 6.45) is 2.82. The highest BCUT2D eigenvalue weighted by Crippen LogP contribution is 2.28. The zero-order chi connectivity index (χ0) is 15.5. The Morgan fingerprint density at radius 3 is 2.82 bits per heavy atom. The number of esters is 1. The van der Waals surface area contributed by atoms with Crippen LogP contribution in [0.25, 0.3) is 0 Å². The molecule has 0 unspecified atom stereocenters. The van der Waals surface area contributed by atoms with E-state index in [0.29, 0.717) is 12.1 Å². The van der Waals surface area contributed by atoms with E-state index < -0.39 is 0 Å². The first-order valence-electron chi connectivity index (χ1n) is 7.52. The molecule has 1 amide bonds. The van der Waals surface area contributed by atoms with Gasteiger partial charge in [0.2, 0.25) is 0 Å². The van der Waals surface area contributed by atoms with Gasteiger partial charge in [-0.3, -0.25) is 0 Å². The smallest absolute Gasteiger partial charge is 0.410 e. The minimum absolute atomic E-state index is 0.121. The number of ether oxygens (including phenoxy) is 2. The highest BCUT2D eigenvalue weighted by Gasteiger charge is 2.39. The van der Waals surface area contributed by atoms with Crippen LogP contribution in [0, 0.1) is 0 Å². The molecule has 1 saturated heterocycles. The van der Waals surface area contributed by atoms with E-state index in [4.69, 9.17) is 9.47 Å². The van der Waals surface area contributed by atoms with Gasteiger partial charge in [-0.2, -0.15) is 0 Å². The lowest BCUT2D eigenvalue weighted by atomic mass is 10.1. The van der Waals surface area contributed by atoms with Crippen molar-refractivity contribution in [1.82, 2.24) is 4.90 Å². The molecule has 0 bridgehead atoms. The summed E-state index contributed by atoms with van der Waals surface area (Å²) in [7, 11) is 0. The maximum absolute atomic E-state index is 12.3. The number of nitrogens with zero attached hydrogens (tertiary/aromatic N) is 1. The fourth-order valence-electron chi connectivity index (χ4n) is 2.92. The third-order valence-electron chi connectivity index (χ3n) is 4.10. The minimum atomic E-state index is -0.348. The number of carbonyl (C=O) groups is 2. The maximum Gasteiger partial charge on any atom is 0.410 e. The zero-order valence-corrected chi connectivity index (χ0v) is 12.5. The number of amides is 1. The van der Waals surface area contributed by atoms with Crippen molar-refractivity contribution >= 4 is 12.1 Å². The van der Waals surface area contributed by atoms with Crippen LogP contribution in [0.1, 0.15) is 25.3 Å². The standard InChI is InChI=1S/C17H19NO4/c1-12-10-15(22-16(12)19)14-8-5-9-18(14)17(20)21-11-13-6-3-2-4-7-13/h2-4,6-7,10,14-15H,5,8-9,11H2,1H3/t14-,15+/m1/s1. The molecule has 1 aromatic rings. The predicted octanol–water partition coefficient (Wildman–Crippen LogP) is 2.66. The molecule has 2 atom stereocenters. The lowest BCUT2D eigenvalue weighted by Crippen LogP contribution is -2.42. The van der Waals surface area contributed by atoms with E-state index in [1.807, 2.05) is 30.3 Å². The van der Waals surface area contributed by atoms with Crippen LogP contribution in [0.2, 0.25) is 0 Å². The summed E-state index contributed by atoms with van der Waals surface area (Å²) in [6.45, 7) is 2.62. The van der Waals surface area contributed by atoms with Crippen molar-refractivity contribution in [2.45, 2.75) is 38.5 Å². The number of cyclic esters (lactones) is 1. The molecule has 5 nitrogen and oxygen atoms in total. The second kappa shape index (κ2) is 6.22. The van der Waals surface area contributed by atoms with E-state index in [0.717, 1.165) is 18.4 Å². The van der Waals surface area contributed by atoms with Crippen LogP contribution in [-0.2, 0) is 20.9 Å². The van der Waals surface area contributed by atoms with Crippen molar-refractivity contribution in [3.05, 3.63) is 47.5 Å². The monoisotopic (exact) mass is 301 g/mol. The first-order chi connectivity index (χ1) is 10.6. The second-order valence-corrected chi connectivity index (χ2v) is 5.66. The Labute approximate surface area is 129 Å². The zero-order valence-electron chi connectivity index (χ0n) is 12.5. The second-order valence-electron chi connectivity index (χ2n) is 5.66. The largest absolute Gasteiger partial charge is 0.453 e. The normalized spacial score (nSPS) is 24.1. The van der Waals surface area contributed by atoms with Crippen molar-refractivity contribution < 1.29 is 19.1 Å². The fourth-order valence-corrected chi connectivity index (χ4v) is 2.92. The van der Waals surface area contributed by atoms with Gasteiger partial charge in [-0.1, -0.05) is 30.3 Å². The third kappa shape index (κ3) is 2.98. The molecule has 0 aromatic heterocycles. The van der Waals surface area contributed by atoms with Gasteiger partial charge in [0.25, 0.3) is 0 Å². The summed E-state index contributed by atoms with van der Waals surface area (Å²) in [5, 5.41) is 0. The van der Waals surface area contributed by atoms with Crippen LogP contribution >= 0.6 is 0 Å². The molecule has 0 N–H and O–H groups in total. The van der Waals surface area contributed by atoms with Crippen LogP contribution < -0.4 is 0 Å². The Bertz CT molecular complexity index is 596. The number of benzene rings is 1. The lowest BCUT2D eigenvalue weighted by Gasteiger charge is -2.27. The Morgan fingerprint density at radius 2 is 2.14 bits per heavy atom. The van der Waals surface area contributed by atoms with Gasteiger partial charge in [-0.15, -0.1) is 0 Å². The Balaban J connectivity index is 1.61. The molecule has 2 heterocycles. The lowest BCUT2D eigenvalue weighted by molar-refractivity contribution is -0.141. The van der Waals surface area contributed by atoms with Crippen LogP contribution in [0.3, 0.4) is 0 Å². The summed E-state index contributed by atoms with van der Waals surface area (Å²) in [5.41, 5.74) is 1.56. The first kappa shape index (κ1) is 14.6. The van der Waals surface area contributed by atoms with Gasteiger partial charge in [-0.05, 0) is 31.4 Å². The van der Waals surface area contributed by atoms with E-state index in [-0.39, 0.29) is 30.8 Å². The van der Waals surface area contributed by atoms with Gasteiger partial charge in [0.05, 0.1) is 6.04 Å². The van der Waals surface area contributed by atoms with Gasteiger partial charge in [-0.25, -0.2) is 9.59 Å². The molecule has 2 aliphatic heterocycles. The molecule has 3 rings (SSSR count). The van der Waals surface area contributed by atoms with Crippen molar-refractivity contribution in [3.8, 4) is 0 Å². The third-order valence-corrected chi connectivity index (χ3v) is 4.10. The maximum atomic E-state index is 12.3. The van der Waals surface area contributed by atoms with Crippen LogP contribution in [0.5, 0.6) is 0 Å². The Morgan fingerprint density at radius 1 is 1.36 bits per heavy atom. The molecule has 1 aromatic carbocycles. The van der Waals surface area contributed by atoms with E-state index >= 15 is 0 Å². The molecule has 0 saturated carbocycles. The Hall–Kier alpha value is -2.30. The molecular formula is C17H19NO4. The van der Waals surface area contributed by atoms with E-state index in [2.05, 4.69) is 0 Å². The topological polar surface area (TPSA) is 55.8 Å². The molecule has 0 radical (unpaired) electrons. The van der Waals surface area contributed by atoms with Gasteiger partial charge < -0.3 is 14.4 Å². The fraction of sp³-hybridized carbons (Fsp3) is 0.412. The molecule has 1 fully saturated rings. The number of likely N-dealkylation sites (tertiary alicyclic amines) is 1. The van der Waals surface area contributed by atoms with Crippen molar-refractivity contribution in [2.75, 3.05) is 6.54 Å². The van der Waals surface area contributed by atoms with Crippen LogP contribution in [0.4, 0.5) is 4.79 Å². The van der Waals surface area contributed by atoms with Gasteiger partial charge in [0.15, 0.2) is 0 Å². The molecule has 22 heavy (non-hydrogen) atoms. The number of hydrogen-bond acceptors (Lipinski definition) is 4. The van der Waals surface area contributed by atoms with Gasteiger partial charge in [0.1, 0.15) is 12.7 Å². The number of carbonyl (C=O) groups excluding carboxylic acids is 2. The minimum Gasteiger partial charge on any atom is -0.453 e. The molecule has 2 aliphatic rings. The highest BCUT2D eigenvalue weighted by molar-refractivity contribution is 5.90. The van der Waals surface area contributed by atoms with E-state index in [9.17, 15) is 9.59 Å². The summed E-state index contributed by atoms with van der Waals surface area (Å²) in [5.74, 6) is -0.297. The van der Waals surface area contributed by atoms with E-state index in [1.54, 1.807) is 17.9 Å². The molecule has 0 spiro atoms. The summed E-state index contributed by atoms with van der Waals surface area (Å²) in [4.78, 5) is 25.5. The predicted molar refractivity (Wildman–Crippen MR) is 80.0 cm³/mol. The highest BCUT2D eigenvalue weighted by atomic mass is 16.6. The quantitative estimate of drug-likeness (QED) is 0.805. The summed E-state index contributed by atoms with van der Waals surface area (Å²) < 4.78 is 10.7. The summed E-state index contributed by atoms with van der Waals surface area (Å²) >= 11 is 0. The first-order valence-corrected chi connectivity index (χ1v) is 7.52. The van der Waals surface area contributed by atoms with Crippen molar-refractivity contribution in [2.24, 2.45) is 0 Å². The summed E-state index contributed by atoms with van der Waals surface area (Å²) in [6, 6.07) is 9.45. The van der Waals surface area contributed by atoms with Crippen LogP contribution in [0.15, 0.2) is 42.0 Å². The van der Waals surface area contributed by atoms with Gasteiger partial charge in [0, 0.05) is 12.1 Å². The van der Waals surface area contributed by atoms with Crippen molar-refractivity contribution in [3.63, 3.8) is 0 Å². The molecule has 0 aliphatic carbocycles. The average Bonchev–Trinajstić information content (AvgIpc) is 3.13. The number of rotatable bonds is 3. The Kier molecular flexibility index (Phi) is 4.13. The van der Waals surface area contributed by atoms with Crippen LogP contribution in [-0.4, -0.2) is 35.7 Å². The molecular weight excluding hydrogens is 282 g/mol.